The van der Waals surface area contributed by atoms with E-state index in [-0.39, 0.29) is 0 Å². The average Bonchev–Trinajstić information content (AvgIpc) is 2.74. The zero-order valence-electron chi connectivity index (χ0n) is 10.1. The molecule has 0 amide bonds. The highest BCUT2D eigenvalue weighted by atomic mass is 35.5. The molecule has 0 aliphatic rings. The van der Waals surface area contributed by atoms with E-state index >= 15 is 0 Å². The number of rotatable bonds is 5. The van der Waals surface area contributed by atoms with E-state index in [9.17, 15) is 0 Å². The van der Waals surface area contributed by atoms with Crippen molar-refractivity contribution in [1.29, 1.82) is 0 Å². The van der Waals surface area contributed by atoms with Gasteiger partial charge < -0.3 is 5.43 Å². The van der Waals surface area contributed by atoms with Gasteiger partial charge in [-0.3, -0.25) is 4.90 Å². The smallest absolute Gasteiger partial charge is 0.140 e. The van der Waals surface area contributed by atoms with Gasteiger partial charge in [-0.05, 0) is 31.3 Å². The molecule has 2 aromatic heterocycles. The Labute approximate surface area is 115 Å². The quantitative estimate of drug-likeness (QED) is 0.654. The number of aromatic nitrogens is 1. The number of pyridine rings is 1. The minimum Gasteiger partial charge on any atom is -0.308 e. The molecule has 0 atom stereocenters. The summed E-state index contributed by atoms with van der Waals surface area (Å²) in [5.41, 5.74) is 3.53. The number of nitrogens with two attached hydrogens (primary N) is 1. The molecule has 0 spiro atoms. The molecule has 0 bridgehead atoms. The average molecular weight is 283 g/mol. The molecule has 0 fully saturated rings. The van der Waals surface area contributed by atoms with Crippen LogP contribution in [0, 0.1) is 0 Å². The first kappa shape index (κ1) is 13.3. The Hall–Kier alpha value is -1.14. The highest BCUT2D eigenvalue weighted by molar-refractivity contribution is 7.16. The van der Waals surface area contributed by atoms with Crippen molar-refractivity contribution in [3.8, 4) is 0 Å². The first-order chi connectivity index (χ1) is 8.67. The van der Waals surface area contributed by atoms with E-state index in [1.165, 1.54) is 4.88 Å². The van der Waals surface area contributed by atoms with E-state index in [0.717, 1.165) is 23.1 Å². The molecule has 0 saturated heterocycles. The van der Waals surface area contributed by atoms with Crippen molar-refractivity contribution in [2.45, 2.75) is 13.1 Å². The van der Waals surface area contributed by atoms with Gasteiger partial charge in [-0.2, -0.15) is 0 Å². The second-order valence-corrected chi connectivity index (χ2v) is 5.84. The van der Waals surface area contributed by atoms with E-state index in [2.05, 4.69) is 28.4 Å². The van der Waals surface area contributed by atoms with Crippen LogP contribution in [0.25, 0.3) is 0 Å². The Bertz CT molecular complexity index is 514. The van der Waals surface area contributed by atoms with Crippen molar-refractivity contribution in [3.63, 3.8) is 0 Å². The summed E-state index contributed by atoms with van der Waals surface area (Å²) in [7, 11) is 2.05. The zero-order valence-corrected chi connectivity index (χ0v) is 11.6. The van der Waals surface area contributed by atoms with Gasteiger partial charge in [0.1, 0.15) is 5.82 Å². The minimum atomic E-state index is 0.681. The SMILES string of the molecule is CN(Cc1cccc(NN)n1)Cc1ccc(Cl)s1. The first-order valence-corrected chi connectivity index (χ1v) is 6.72. The predicted molar refractivity (Wildman–Crippen MR) is 76.5 cm³/mol. The third kappa shape index (κ3) is 3.68. The maximum atomic E-state index is 5.91. The van der Waals surface area contributed by atoms with Crippen molar-refractivity contribution < 1.29 is 0 Å². The topological polar surface area (TPSA) is 54.2 Å². The summed E-state index contributed by atoms with van der Waals surface area (Å²) < 4.78 is 0.825. The van der Waals surface area contributed by atoms with Gasteiger partial charge in [-0.1, -0.05) is 17.7 Å². The molecule has 0 aliphatic heterocycles. The van der Waals surface area contributed by atoms with Crippen LogP contribution in [0.4, 0.5) is 5.82 Å². The number of hydrazine groups is 1. The van der Waals surface area contributed by atoms with E-state index in [1.807, 2.05) is 24.3 Å². The second kappa shape index (κ2) is 6.15. The number of thiophene rings is 1. The lowest BCUT2D eigenvalue weighted by Gasteiger charge is -2.15. The standard InChI is InChI=1S/C12H15ClN4S/c1-17(8-10-5-6-11(13)18-10)7-9-3-2-4-12(15-9)16-14/h2-6H,7-8,14H2,1H3,(H,15,16). The van der Waals surface area contributed by atoms with Crippen LogP contribution >= 0.6 is 22.9 Å². The molecule has 2 heterocycles. The monoisotopic (exact) mass is 282 g/mol. The number of nitrogens with zero attached hydrogens (tertiary/aromatic N) is 2. The van der Waals surface area contributed by atoms with Crippen molar-refractivity contribution in [2.24, 2.45) is 5.84 Å². The fourth-order valence-electron chi connectivity index (χ4n) is 1.68. The fourth-order valence-corrected chi connectivity index (χ4v) is 2.85. The van der Waals surface area contributed by atoms with Crippen molar-refractivity contribution in [3.05, 3.63) is 45.2 Å². The van der Waals surface area contributed by atoms with Crippen LogP contribution in [-0.4, -0.2) is 16.9 Å². The Morgan fingerprint density at radius 2 is 2.17 bits per heavy atom. The van der Waals surface area contributed by atoms with Crippen LogP contribution in [0.5, 0.6) is 0 Å². The van der Waals surface area contributed by atoms with Crippen LogP contribution in [0.1, 0.15) is 10.6 Å². The molecule has 0 unspecified atom stereocenters. The summed E-state index contributed by atoms with van der Waals surface area (Å²) in [6, 6.07) is 9.73. The lowest BCUT2D eigenvalue weighted by Crippen LogP contribution is -2.18. The maximum absolute atomic E-state index is 5.91. The summed E-state index contributed by atoms with van der Waals surface area (Å²) in [4.78, 5) is 7.81. The lowest BCUT2D eigenvalue weighted by molar-refractivity contribution is 0.318. The molecular formula is C12H15ClN4S. The summed E-state index contributed by atoms with van der Waals surface area (Å²) in [5.74, 6) is 6.02. The first-order valence-electron chi connectivity index (χ1n) is 5.52. The van der Waals surface area contributed by atoms with Gasteiger partial charge in [-0.15, -0.1) is 11.3 Å². The molecule has 0 aliphatic carbocycles. The molecule has 2 aromatic rings. The zero-order chi connectivity index (χ0) is 13.0. The highest BCUT2D eigenvalue weighted by Crippen LogP contribution is 2.22. The van der Waals surface area contributed by atoms with Crippen molar-refractivity contribution in [2.75, 3.05) is 12.5 Å². The molecule has 0 saturated carbocycles. The van der Waals surface area contributed by atoms with Crippen LogP contribution in [0.15, 0.2) is 30.3 Å². The number of halogens is 1. The molecule has 96 valence electrons. The van der Waals surface area contributed by atoms with Gasteiger partial charge in [0, 0.05) is 18.0 Å². The molecule has 2 rings (SSSR count). The molecule has 0 radical (unpaired) electrons. The summed E-state index contributed by atoms with van der Waals surface area (Å²) in [6.07, 6.45) is 0. The van der Waals surface area contributed by atoms with Gasteiger partial charge in [0.15, 0.2) is 0 Å². The van der Waals surface area contributed by atoms with Gasteiger partial charge in [0.2, 0.25) is 0 Å². The number of hydrogen-bond acceptors (Lipinski definition) is 5. The second-order valence-electron chi connectivity index (χ2n) is 4.04. The van der Waals surface area contributed by atoms with Gasteiger partial charge in [0.05, 0.1) is 10.0 Å². The molecular weight excluding hydrogens is 268 g/mol. The highest BCUT2D eigenvalue weighted by Gasteiger charge is 2.05. The van der Waals surface area contributed by atoms with E-state index < -0.39 is 0 Å². The summed E-state index contributed by atoms with van der Waals surface area (Å²) >= 11 is 7.51. The van der Waals surface area contributed by atoms with E-state index in [1.54, 1.807) is 11.3 Å². The number of anilines is 1. The number of hydrogen-bond donors (Lipinski definition) is 2. The predicted octanol–water partition coefficient (Wildman–Crippen LogP) is 2.71. The van der Waals surface area contributed by atoms with Crippen molar-refractivity contribution in [1.82, 2.24) is 9.88 Å². The third-order valence-corrected chi connectivity index (χ3v) is 3.66. The summed E-state index contributed by atoms with van der Waals surface area (Å²) in [5, 5.41) is 0. The van der Waals surface area contributed by atoms with Gasteiger partial charge in [0.25, 0.3) is 0 Å². The molecule has 6 heteroatoms. The van der Waals surface area contributed by atoms with Crippen LogP contribution in [0.3, 0.4) is 0 Å². The minimum absolute atomic E-state index is 0.681. The summed E-state index contributed by atoms with van der Waals surface area (Å²) in [6.45, 7) is 1.63. The van der Waals surface area contributed by atoms with E-state index in [4.69, 9.17) is 17.4 Å². The maximum Gasteiger partial charge on any atom is 0.140 e. The van der Waals surface area contributed by atoms with Crippen LogP contribution < -0.4 is 11.3 Å². The molecule has 4 nitrogen and oxygen atoms in total. The largest absolute Gasteiger partial charge is 0.308 e. The fraction of sp³-hybridized carbons (Fsp3) is 0.250. The molecule has 3 N–H and O–H groups in total. The Morgan fingerprint density at radius 3 is 2.83 bits per heavy atom. The Morgan fingerprint density at radius 1 is 1.33 bits per heavy atom. The third-order valence-electron chi connectivity index (χ3n) is 2.44. The molecule has 18 heavy (non-hydrogen) atoms. The number of nitrogens with one attached hydrogen (secondary N) is 1. The van der Waals surface area contributed by atoms with Gasteiger partial charge in [-0.25, -0.2) is 10.8 Å². The number of nitrogen functional groups attached to an aromatic ring is 1. The normalized spacial score (nSPS) is 10.9. The van der Waals surface area contributed by atoms with E-state index in [0.29, 0.717) is 5.82 Å². The van der Waals surface area contributed by atoms with Gasteiger partial charge >= 0.3 is 0 Å². The molecule has 0 aromatic carbocycles. The van der Waals surface area contributed by atoms with Crippen molar-refractivity contribution >= 4 is 28.8 Å². The Kier molecular flexibility index (Phi) is 4.54. The Balaban J connectivity index is 1.96. The lowest BCUT2D eigenvalue weighted by atomic mass is 10.3. The van der Waals surface area contributed by atoms with Crippen LogP contribution in [0.2, 0.25) is 4.34 Å². The van der Waals surface area contributed by atoms with Crippen LogP contribution in [-0.2, 0) is 13.1 Å².